The number of para-hydroxylation sites is 1. The largest absolute Gasteiger partial charge is 0.452 e. The summed E-state index contributed by atoms with van der Waals surface area (Å²) in [6.45, 7) is 0. The van der Waals surface area contributed by atoms with E-state index in [0.717, 1.165) is 33.7 Å². The lowest BCUT2D eigenvalue weighted by Crippen LogP contribution is -2.21. The van der Waals surface area contributed by atoms with E-state index in [-0.39, 0.29) is 0 Å². The number of nitrogens with zero attached hydrogens (tertiary/aromatic N) is 1. The summed E-state index contributed by atoms with van der Waals surface area (Å²) in [6.07, 6.45) is 0. The Kier molecular flexibility index (Phi) is 2.91. The Hall–Kier alpha value is -2.78. The van der Waals surface area contributed by atoms with Crippen LogP contribution in [0.25, 0.3) is 21.7 Å². The monoisotopic (exact) mass is 332 g/mol. The van der Waals surface area contributed by atoms with Crippen LogP contribution in [0.4, 0.5) is 5.69 Å². The van der Waals surface area contributed by atoms with Crippen molar-refractivity contribution in [1.29, 1.82) is 0 Å². The molecule has 5 rings (SSSR count). The first-order chi connectivity index (χ1) is 11.8. The molecule has 3 aromatic carbocycles. The zero-order chi connectivity index (χ0) is 16.1. The van der Waals surface area contributed by atoms with Gasteiger partial charge in [-0.05, 0) is 29.0 Å². The minimum absolute atomic E-state index is 0.514. The molecule has 0 bridgehead atoms. The molecule has 0 fully saturated rings. The van der Waals surface area contributed by atoms with E-state index in [4.69, 9.17) is 16.0 Å². The number of nitrogens with one attached hydrogen (secondary N) is 1. The van der Waals surface area contributed by atoms with Gasteiger partial charge in [-0.15, -0.1) is 0 Å². The molecule has 4 aromatic rings. The molecule has 1 aliphatic rings. The van der Waals surface area contributed by atoms with Crippen molar-refractivity contribution in [2.45, 2.75) is 5.62 Å². The van der Waals surface area contributed by atoms with Gasteiger partial charge in [0, 0.05) is 10.9 Å². The van der Waals surface area contributed by atoms with Crippen molar-refractivity contribution in [2.75, 3.05) is 5.32 Å². The number of hydrogen-bond acceptors (Lipinski definition) is 3. The maximum atomic E-state index is 6.32. The Morgan fingerprint density at radius 2 is 1.71 bits per heavy atom. The molecule has 3 nitrogen and oxygen atoms in total. The van der Waals surface area contributed by atoms with Crippen molar-refractivity contribution >= 4 is 44.7 Å². The zero-order valence-electron chi connectivity index (χ0n) is 12.7. The highest BCUT2D eigenvalue weighted by Crippen LogP contribution is 2.36. The lowest BCUT2D eigenvalue weighted by Gasteiger charge is -2.18. The Balaban J connectivity index is 1.75. The lowest BCUT2D eigenvalue weighted by molar-refractivity contribution is 0.603. The van der Waals surface area contributed by atoms with Gasteiger partial charge in [-0.25, -0.2) is 4.99 Å². The van der Waals surface area contributed by atoms with Crippen LogP contribution < -0.4 is 5.32 Å². The normalized spacial score (nSPS) is 16.7. The van der Waals surface area contributed by atoms with E-state index < -0.39 is 5.62 Å². The summed E-state index contributed by atoms with van der Waals surface area (Å²) in [6, 6.07) is 22.5. The molecule has 116 valence electrons. The van der Waals surface area contributed by atoms with Gasteiger partial charge in [0.15, 0.2) is 11.4 Å². The molecule has 0 amide bonds. The zero-order valence-corrected chi connectivity index (χ0v) is 13.4. The number of aliphatic imine (C=N–C) groups is 1. The number of anilines is 1. The van der Waals surface area contributed by atoms with E-state index in [1.165, 1.54) is 10.8 Å². The predicted octanol–water partition coefficient (Wildman–Crippen LogP) is 5.37. The van der Waals surface area contributed by atoms with E-state index >= 15 is 0 Å². The molecule has 4 heteroatoms. The summed E-state index contributed by atoms with van der Waals surface area (Å²) in [5.74, 6) is 0.739. The van der Waals surface area contributed by atoms with Crippen LogP contribution in [0.2, 0.25) is 0 Å². The topological polar surface area (TPSA) is 37.5 Å². The van der Waals surface area contributed by atoms with Gasteiger partial charge in [0.1, 0.15) is 11.3 Å². The fourth-order valence-corrected chi connectivity index (χ4v) is 3.43. The number of alkyl halides is 1. The van der Waals surface area contributed by atoms with Crippen LogP contribution in [0.15, 0.2) is 76.1 Å². The van der Waals surface area contributed by atoms with Gasteiger partial charge >= 0.3 is 0 Å². The Bertz CT molecular complexity index is 1110. The number of rotatable bonds is 1. The van der Waals surface area contributed by atoms with E-state index in [2.05, 4.69) is 40.6 Å². The first kappa shape index (κ1) is 13.6. The van der Waals surface area contributed by atoms with E-state index in [9.17, 15) is 0 Å². The summed E-state index contributed by atoms with van der Waals surface area (Å²) >= 11 is 6.32. The molecule has 1 aromatic heterocycles. The van der Waals surface area contributed by atoms with Gasteiger partial charge in [0.05, 0.1) is 5.69 Å². The number of fused-ring (bicyclic) bond motifs is 4. The first-order valence-electron chi connectivity index (χ1n) is 7.79. The number of furan rings is 1. The third-order valence-electron chi connectivity index (χ3n) is 4.34. The van der Waals surface area contributed by atoms with Crippen molar-refractivity contribution in [2.24, 2.45) is 4.99 Å². The van der Waals surface area contributed by atoms with Crippen molar-refractivity contribution in [3.05, 3.63) is 78.1 Å². The smallest absolute Gasteiger partial charge is 0.196 e. The number of hydrogen-bond donors (Lipinski definition) is 1. The molecular formula is C20H13ClN2O. The van der Waals surface area contributed by atoms with E-state index in [1.54, 1.807) is 0 Å². The third kappa shape index (κ3) is 2.02. The number of halogens is 1. The lowest BCUT2D eigenvalue weighted by atomic mass is 10.0. The molecule has 0 spiro atoms. The van der Waals surface area contributed by atoms with Gasteiger partial charge in [-0.1, -0.05) is 60.1 Å². The third-order valence-corrected chi connectivity index (χ3v) is 4.55. The molecule has 1 N–H and O–H groups in total. The summed E-state index contributed by atoms with van der Waals surface area (Å²) in [5.41, 5.74) is 3.00. The SMILES string of the molecule is ClC1N=C(c2ccc3ccccc3c2)c2oc3ccccc3c2N1. The minimum Gasteiger partial charge on any atom is -0.452 e. The van der Waals surface area contributed by atoms with Crippen molar-refractivity contribution in [3.8, 4) is 0 Å². The maximum Gasteiger partial charge on any atom is 0.196 e. The van der Waals surface area contributed by atoms with Crippen LogP contribution in [0.5, 0.6) is 0 Å². The molecule has 1 unspecified atom stereocenters. The second kappa shape index (κ2) is 5.11. The molecule has 2 heterocycles. The summed E-state index contributed by atoms with van der Waals surface area (Å²) in [7, 11) is 0. The maximum absolute atomic E-state index is 6.32. The summed E-state index contributed by atoms with van der Waals surface area (Å²) in [4.78, 5) is 4.57. The highest BCUT2D eigenvalue weighted by atomic mass is 35.5. The van der Waals surface area contributed by atoms with E-state index in [1.807, 2.05) is 36.4 Å². The van der Waals surface area contributed by atoms with Crippen LogP contribution in [0.3, 0.4) is 0 Å². The Morgan fingerprint density at radius 3 is 2.62 bits per heavy atom. The summed E-state index contributed by atoms with van der Waals surface area (Å²) < 4.78 is 6.07. The fraction of sp³-hybridized carbons (Fsp3) is 0.0500. The molecule has 0 saturated heterocycles. The molecule has 0 saturated carbocycles. The second-order valence-corrected chi connectivity index (χ2v) is 6.24. The van der Waals surface area contributed by atoms with Crippen LogP contribution in [-0.4, -0.2) is 11.3 Å². The van der Waals surface area contributed by atoms with Crippen LogP contribution >= 0.6 is 11.6 Å². The van der Waals surface area contributed by atoms with Crippen LogP contribution in [0, 0.1) is 0 Å². The highest BCUT2D eigenvalue weighted by Gasteiger charge is 2.26. The molecular weight excluding hydrogens is 320 g/mol. The highest BCUT2D eigenvalue weighted by molar-refractivity contribution is 6.27. The van der Waals surface area contributed by atoms with E-state index in [0.29, 0.717) is 0 Å². The molecule has 24 heavy (non-hydrogen) atoms. The molecule has 0 radical (unpaired) electrons. The minimum atomic E-state index is -0.514. The van der Waals surface area contributed by atoms with Crippen molar-refractivity contribution in [1.82, 2.24) is 0 Å². The van der Waals surface area contributed by atoms with Crippen molar-refractivity contribution in [3.63, 3.8) is 0 Å². The fourth-order valence-electron chi connectivity index (χ4n) is 3.22. The van der Waals surface area contributed by atoms with Gasteiger partial charge < -0.3 is 9.73 Å². The van der Waals surface area contributed by atoms with Crippen molar-refractivity contribution < 1.29 is 4.42 Å². The van der Waals surface area contributed by atoms with Gasteiger partial charge in [-0.3, -0.25) is 0 Å². The second-order valence-electron chi connectivity index (χ2n) is 5.82. The summed E-state index contributed by atoms with van der Waals surface area (Å²) in [5, 5.41) is 6.59. The first-order valence-corrected chi connectivity index (χ1v) is 8.23. The average Bonchev–Trinajstić information content (AvgIpc) is 2.99. The Morgan fingerprint density at radius 1 is 0.917 bits per heavy atom. The quantitative estimate of drug-likeness (QED) is 0.376. The average molecular weight is 333 g/mol. The molecule has 1 atom stereocenters. The van der Waals surface area contributed by atoms with Gasteiger partial charge in [0.25, 0.3) is 0 Å². The number of benzene rings is 3. The standard InChI is InChI=1S/C20H13ClN2O/c21-20-22-17(14-10-9-12-5-1-2-6-13(12)11-14)19-18(23-20)15-7-3-4-8-16(15)24-19/h1-11,20,23H. The van der Waals surface area contributed by atoms with Gasteiger partial charge in [-0.2, -0.15) is 0 Å². The van der Waals surface area contributed by atoms with Crippen LogP contribution in [-0.2, 0) is 0 Å². The predicted molar refractivity (Wildman–Crippen MR) is 99.1 cm³/mol. The van der Waals surface area contributed by atoms with Crippen LogP contribution in [0.1, 0.15) is 11.3 Å². The molecule has 0 aliphatic carbocycles. The Labute approximate surface area is 143 Å². The van der Waals surface area contributed by atoms with Gasteiger partial charge in [0.2, 0.25) is 0 Å². The molecule has 1 aliphatic heterocycles.